The lowest BCUT2D eigenvalue weighted by Crippen LogP contribution is -2.35. The van der Waals surface area contributed by atoms with Crippen molar-refractivity contribution in [2.24, 2.45) is 5.92 Å². The van der Waals surface area contributed by atoms with Gasteiger partial charge in [0.15, 0.2) is 5.78 Å². The molecule has 3 aromatic heterocycles. The zero-order valence-corrected chi connectivity index (χ0v) is 28.3. The smallest absolute Gasteiger partial charge is 0.261 e. The summed E-state index contributed by atoms with van der Waals surface area (Å²) in [4.78, 5) is 39.8. The van der Waals surface area contributed by atoms with Gasteiger partial charge >= 0.3 is 0 Å². The molecule has 12 heteroatoms. The van der Waals surface area contributed by atoms with Crippen molar-refractivity contribution in [3.05, 3.63) is 88.7 Å². The van der Waals surface area contributed by atoms with E-state index in [0.29, 0.717) is 21.5 Å². The summed E-state index contributed by atoms with van der Waals surface area (Å²) in [6.07, 6.45) is 7.44. The maximum atomic E-state index is 14.1. The van der Waals surface area contributed by atoms with Crippen molar-refractivity contribution in [2.75, 3.05) is 25.5 Å². The van der Waals surface area contributed by atoms with Crippen LogP contribution in [0.2, 0.25) is 0 Å². The molecule has 48 heavy (non-hydrogen) atoms. The minimum Gasteiger partial charge on any atom is -0.490 e. The van der Waals surface area contributed by atoms with E-state index in [4.69, 9.17) is 9.72 Å². The number of benzene rings is 2. The quantitative estimate of drug-likeness (QED) is 0.180. The number of hydrogen-bond acceptors (Lipinski definition) is 10. The van der Waals surface area contributed by atoms with Crippen LogP contribution in [0.1, 0.15) is 38.5 Å². The van der Waals surface area contributed by atoms with Gasteiger partial charge in [-0.2, -0.15) is 4.98 Å². The number of fused-ring (bicyclic) bond motifs is 1. The number of nitrogens with zero attached hydrogens (tertiary/aromatic N) is 4. The molecule has 1 N–H and O–H groups in total. The van der Waals surface area contributed by atoms with Crippen molar-refractivity contribution < 1.29 is 17.9 Å². The van der Waals surface area contributed by atoms with Gasteiger partial charge in [-0.3, -0.25) is 14.2 Å². The maximum absolute atomic E-state index is 14.1. The fourth-order valence-corrected chi connectivity index (χ4v) is 9.02. The summed E-state index contributed by atoms with van der Waals surface area (Å²) >= 11 is 1.17. The number of anilines is 2. The Bertz CT molecular complexity index is 2100. The van der Waals surface area contributed by atoms with Gasteiger partial charge < -0.3 is 15.0 Å². The molecular weight excluding hydrogens is 647 g/mol. The average molecular weight is 684 g/mol. The zero-order chi connectivity index (χ0) is 33.3. The number of aromatic nitrogens is 3. The third-order valence-corrected chi connectivity index (χ3v) is 12.1. The van der Waals surface area contributed by atoms with E-state index in [1.807, 2.05) is 24.3 Å². The molecule has 248 valence electrons. The Morgan fingerprint density at radius 3 is 2.44 bits per heavy atom. The molecule has 2 aromatic carbocycles. The molecule has 2 aliphatic rings. The molecule has 7 rings (SSSR count). The van der Waals surface area contributed by atoms with Crippen LogP contribution in [0.4, 0.5) is 11.6 Å². The van der Waals surface area contributed by atoms with Crippen molar-refractivity contribution in [1.29, 1.82) is 0 Å². The SMILES string of the molecule is CN1CCC(Oc2ccc(Nc3ncc4cc(-c5cc(S(=O)(=O)c6ccccc6)cs5)c(=O)n(CC(=O)C5CCCC5)c4n3)cc2)CC1. The van der Waals surface area contributed by atoms with Crippen LogP contribution in [0.5, 0.6) is 5.75 Å². The molecular formula is C36H37N5O5S2. The summed E-state index contributed by atoms with van der Waals surface area (Å²) in [7, 11) is -1.64. The summed E-state index contributed by atoms with van der Waals surface area (Å²) in [6, 6.07) is 19.0. The second-order valence-corrected chi connectivity index (χ2v) is 15.5. The number of nitrogens with one attached hydrogen (secondary N) is 1. The van der Waals surface area contributed by atoms with Gasteiger partial charge in [0.25, 0.3) is 5.56 Å². The molecule has 1 aliphatic carbocycles. The van der Waals surface area contributed by atoms with Crippen LogP contribution in [0, 0.1) is 5.92 Å². The molecule has 0 bridgehead atoms. The second-order valence-electron chi connectivity index (χ2n) is 12.6. The van der Waals surface area contributed by atoms with Crippen LogP contribution in [-0.4, -0.2) is 59.9 Å². The van der Waals surface area contributed by atoms with E-state index >= 15 is 0 Å². The number of ketones is 1. The van der Waals surface area contributed by atoms with Gasteiger partial charge in [0.05, 0.1) is 21.9 Å². The molecule has 2 fully saturated rings. The number of carbonyl (C=O) groups is 1. The molecule has 1 saturated carbocycles. The van der Waals surface area contributed by atoms with Crippen LogP contribution in [-0.2, 0) is 21.2 Å². The molecule has 0 unspecified atom stereocenters. The number of hydrogen-bond donors (Lipinski definition) is 1. The predicted molar refractivity (Wildman–Crippen MR) is 187 cm³/mol. The van der Waals surface area contributed by atoms with Gasteiger partial charge in [-0.25, -0.2) is 13.4 Å². The third-order valence-electron chi connectivity index (χ3n) is 9.23. The van der Waals surface area contributed by atoms with E-state index in [9.17, 15) is 18.0 Å². The Morgan fingerprint density at radius 2 is 1.71 bits per heavy atom. The van der Waals surface area contributed by atoms with Crippen LogP contribution in [0.25, 0.3) is 21.5 Å². The molecule has 5 aromatic rings. The van der Waals surface area contributed by atoms with E-state index in [-0.39, 0.29) is 40.1 Å². The molecule has 4 heterocycles. The normalized spacial score (nSPS) is 16.4. The number of carbonyl (C=O) groups excluding carboxylic acids is 1. The third kappa shape index (κ3) is 6.78. The van der Waals surface area contributed by atoms with Gasteiger partial charge in [-0.1, -0.05) is 31.0 Å². The Labute approximate surface area is 283 Å². The van der Waals surface area contributed by atoms with Crippen LogP contribution < -0.4 is 15.6 Å². The van der Waals surface area contributed by atoms with Gasteiger partial charge in [0.1, 0.15) is 17.5 Å². The molecule has 1 aliphatic heterocycles. The lowest BCUT2D eigenvalue weighted by molar-refractivity contribution is -0.123. The summed E-state index contributed by atoms with van der Waals surface area (Å²) in [5.74, 6) is 0.997. The van der Waals surface area contributed by atoms with Gasteiger partial charge in [-0.15, -0.1) is 11.3 Å². The Morgan fingerprint density at radius 1 is 0.979 bits per heavy atom. The van der Waals surface area contributed by atoms with Crippen LogP contribution in [0.3, 0.4) is 0 Å². The molecule has 0 atom stereocenters. The van der Waals surface area contributed by atoms with Gasteiger partial charge in [-0.05, 0) is 81.3 Å². The van der Waals surface area contributed by atoms with Crippen molar-refractivity contribution >= 4 is 49.6 Å². The van der Waals surface area contributed by atoms with Crippen molar-refractivity contribution in [3.63, 3.8) is 0 Å². The number of piperidine rings is 1. The fourth-order valence-electron chi connectivity index (χ4n) is 6.45. The average Bonchev–Trinajstić information content (AvgIpc) is 3.83. The number of Topliss-reactive ketones (excluding diaryl/α,β-unsaturated/α-hetero) is 1. The molecule has 10 nitrogen and oxygen atoms in total. The lowest BCUT2D eigenvalue weighted by Gasteiger charge is -2.29. The first kappa shape index (κ1) is 32.2. The number of sulfone groups is 1. The summed E-state index contributed by atoms with van der Waals surface area (Å²) in [6.45, 7) is 1.92. The van der Waals surface area contributed by atoms with Crippen molar-refractivity contribution in [2.45, 2.75) is 61.0 Å². The van der Waals surface area contributed by atoms with E-state index < -0.39 is 15.4 Å². The summed E-state index contributed by atoms with van der Waals surface area (Å²) in [5.41, 5.74) is 0.983. The number of thiophene rings is 1. The topological polar surface area (TPSA) is 123 Å². The van der Waals surface area contributed by atoms with Crippen LogP contribution >= 0.6 is 11.3 Å². The number of rotatable bonds is 10. The van der Waals surface area contributed by atoms with Crippen molar-refractivity contribution in [1.82, 2.24) is 19.4 Å². The minimum atomic E-state index is -3.76. The highest BCUT2D eigenvalue weighted by atomic mass is 32.2. The Kier molecular flexibility index (Phi) is 9.13. The lowest BCUT2D eigenvalue weighted by atomic mass is 10.0. The number of likely N-dealkylation sites (tertiary alicyclic amines) is 1. The number of pyridine rings is 1. The van der Waals surface area contributed by atoms with E-state index in [1.165, 1.54) is 22.0 Å². The first-order valence-electron chi connectivity index (χ1n) is 16.3. The van der Waals surface area contributed by atoms with Crippen molar-refractivity contribution in [3.8, 4) is 16.2 Å². The van der Waals surface area contributed by atoms with E-state index in [2.05, 4.69) is 22.2 Å². The zero-order valence-electron chi connectivity index (χ0n) is 26.7. The monoisotopic (exact) mass is 683 g/mol. The molecule has 0 amide bonds. The Hall–Kier alpha value is -4.39. The first-order valence-corrected chi connectivity index (χ1v) is 18.7. The largest absolute Gasteiger partial charge is 0.490 e. The summed E-state index contributed by atoms with van der Waals surface area (Å²) < 4.78 is 34.2. The fraction of sp³-hybridized carbons (Fsp3) is 0.333. The van der Waals surface area contributed by atoms with Gasteiger partial charge in [0, 0.05) is 46.5 Å². The highest BCUT2D eigenvalue weighted by Crippen LogP contribution is 2.33. The minimum absolute atomic E-state index is 0.0000972. The Balaban J connectivity index is 1.19. The molecule has 0 radical (unpaired) electrons. The highest BCUT2D eigenvalue weighted by molar-refractivity contribution is 7.91. The highest BCUT2D eigenvalue weighted by Gasteiger charge is 2.26. The predicted octanol–water partition coefficient (Wildman–Crippen LogP) is 6.33. The summed E-state index contributed by atoms with van der Waals surface area (Å²) in [5, 5.41) is 5.33. The van der Waals surface area contributed by atoms with Crippen LogP contribution in [0.15, 0.2) is 92.9 Å². The van der Waals surface area contributed by atoms with E-state index in [0.717, 1.165) is 63.1 Å². The molecule has 1 saturated heterocycles. The number of ether oxygens (including phenoxy) is 1. The second kappa shape index (κ2) is 13.6. The molecule has 0 spiro atoms. The van der Waals surface area contributed by atoms with E-state index in [1.54, 1.807) is 48.0 Å². The first-order chi connectivity index (χ1) is 23.2. The standard InChI is InChI=1S/C36H37N5O5S2/c1-40-17-15-28(16-18-40)46-27-13-11-26(12-14-27)38-36-37-21-25-19-31(33-20-30(23-47-33)48(44,45)29-9-3-2-4-10-29)35(43)41(34(25)39-36)22-32(42)24-7-5-6-8-24/h2-4,9-14,19-21,23-24,28H,5-8,15-18,22H2,1H3,(H,37,38,39). The van der Waals surface area contributed by atoms with Gasteiger partial charge in [0.2, 0.25) is 15.8 Å². The maximum Gasteiger partial charge on any atom is 0.261 e.